The summed E-state index contributed by atoms with van der Waals surface area (Å²) in [5, 5.41) is 9.12. The molecule has 2 saturated heterocycles. The minimum Gasteiger partial charge on any atom is -0.477 e. The predicted octanol–water partition coefficient (Wildman–Crippen LogP) is 1.42. The number of anilines is 2. The summed E-state index contributed by atoms with van der Waals surface area (Å²) in [6.07, 6.45) is 3.74. The van der Waals surface area contributed by atoms with Gasteiger partial charge in [0.15, 0.2) is 11.5 Å². The number of hydrogen-bond donors (Lipinski definition) is 2. The number of carboxylic acids is 1. The average Bonchev–Trinajstić information content (AvgIpc) is 2.47. The lowest BCUT2D eigenvalue weighted by molar-refractivity contribution is 0.0690. The molecule has 3 rings (SSSR count). The quantitative estimate of drug-likeness (QED) is 0.857. The molecule has 0 spiro atoms. The highest BCUT2D eigenvalue weighted by Gasteiger charge is 2.34. The first-order valence-electron chi connectivity index (χ1n) is 7.57. The van der Waals surface area contributed by atoms with Crippen molar-refractivity contribution in [2.24, 2.45) is 0 Å². The van der Waals surface area contributed by atoms with Crippen molar-refractivity contribution in [1.29, 1.82) is 0 Å². The van der Waals surface area contributed by atoms with Gasteiger partial charge in [0, 0.05) is 25.2 Å². The van der Waals surface area contributed by atoms with Gasteiger partial charge in [0.05, 0.1) is 5.69 Å². The maximum absolute atomic E-state index is 11.1. The van der Waals surface area contributed by atoms with Crippen molar-refractivity contribution in [1.82, 2.24) is 9.88 Å². The SMILES string of the molecule is CC1CN2CCCCC2CN1c1nc(C(=O)O)ccc1N. The number of carboxylic acid groups (broad SMARTS) is 1. The lowest BCUT2D eigenvalue weighted by Gasteiger charge is -2.48. The van der Waals surface area contributed by atoms with E-state index in [0.29, 0.717) is 17.5 Å². The van der Waals surface area contributed by atoms with Gasteiger partial charge in [-0.3, -0.25) is 4.90 Å². The number of piperazine rings is 1. The number of rotatable bonds is 2. The Bertz CT molecular complexity index is 548. The summed E-state index contributed by atoms with van der Waals surface area (Å²) in [4.78, 5) is 20.1. The van der Waals surface area contributed by atoms with Gasteiger partial charge in [-0.1, -0.05) is 6.42 Å². The molecule has 21 heavy (non-hydrogen) atoms. The van der Waals surface area contributed by atoms with Crippen molar-refractivity contribution in [3.05, 3.63) is 17.8 Å². The van der Waals surface area contributed by atoms with Crippen LogP contribution in [0.15, 0.2) is 12.1 Å². The van der Waals surface area contributed by atoms with Gasteiger partial charge in [-0.25, -0.2) is 9.78 Å². The summed E-state index contributed by atoms with van der Waals surface area (Å²) in [6, 6.07) is 3.93. The Kier molecular flexibility index (Phi) is 3.71. The molecule has 2 atom stereocenters. The van der Waals surface area contributed by atoms with Crippen LogP contribution in [0, 0.1) is 0 Å². The van der Waals surface area contributed by atoms with Gasteiger partial charge in [0.1, 0.15) is 0 Å². The summed E-state index contributed by atoms with van der Waals surface area (Å²) >= 11 is 0. The van der Waals surface area contributed by atoms with Gasteiger partial charge in [0.2, 0.25) is 0 Å². The zero-order chi connectivity index (χ0) is 15.0. The highest BCUT2D eigenvalue weighted by molar-refractivity contribution is 5.87. The third-order valence-corrected chi connectivity index (χ3v) is 4.58. The summed E-state index contributed by atoms with van der Waals surface area (Å²) < 4.78 is 0. The second kappa shape index (κ2) is 5.52. The standard InChI is InChI=1S/C15H22N4O2/c1-10-8-18-7-3-2-4-11(18)9-19(10)14-12(16)5-6-13(17-14)15(20)21/h5-6,10-11H,2-4,7-9,16H2,1H3,(H,20,21). The third-order valence-electron chi connectivity index (χ3n) is 4.58. The molecule has 1 aromatic rings. The van der Waals surface area contributed by atoms with Crippen molar-refractivity contribution >= 4 is 17.5 Å². The van der Waals surface area contributed by atoms with E-state index in [1.165, 1.54) is 31.9 Å². The fourth-order valence-electron chi connectivity index (χ4n) is 3.46. The number of nitrogens with zero attached hydrogens (tertiary/aromatic N) is 3. The number of nitrogens with two attached hydrogens (primary N) is 1. The van der Waals surface area contributed by atoms with Crippen LogP contribution in [0.2, 0.25) is 0 Å². The monoisotopic (exact) mass is 290 g/mol. The molecule has 3 N–H and O–H groups in total. The Balaban J connectivity index is 1.88. The largest absolute Gasteiger partial charge is 0.477 e. The Morgan fingerprint density at radius 2 is 2.19 bits per heavy atom. The first-order valence-corrected chi connectivity index (χ1v) is 7.57. The normalized spacial score (nSPS) is 26.4. The molecule has 2 aliphatic heterocycles. The molecule has 6 heteroatoms. The maximum Gasteiger partial charge on any atom is 0.354 e. The molecule has 6 nitrogen and oxygen atoms in total. The molecule has 114 valence electrons. The molecule has 2 aliphatic rings. The highest BCUT2D eigenvalue weighted by Crippen LogP contribution is 2.30. The second-order valence-electron chi connectivity index (χ2n) is 6.06. The Labute approximate surface area is 124 Å². The van der Waals surface area contributed by atoms with Crippen molar-refractivity contribution in [3.8, 4) is 0 Å². The van der Waals surface area contributed by atoms with E-state index in [4.69, 9.17) is 10.8 Å². The Morgan fingerprint density at radius 3 is 2.95 bits per heavy atom. The van der Waals surface area contributed by atoms with Crippen molar-refractivity contribution in [3.63, 3.8) is 0 Å². The molecule has 1 aromatic heterocycles. The summed E-state index contributed by atoms with van der Waals surface area (Å²) in [6.45, 7) is 5.19. The van der Waals surface area contributed by atoms with Crippen LogP contribution in [-0.4, -0.2) is 52.7 Å². The topological polar surface area (TPSA) is 82.7 Å². The fourth-order valence-corrected chi connectivity index (χ4v) is 3.46. The van der Waals surface area contributed by atoms with Crippen molar-refractivity contribution in [2.75, 3.05) is 30.3 Å². The van der Waals surface area contributed by atoms with E-state index < -0.39 is 5.97 Å². The first kappa shape index (κ1) is 14.1. The zero-order valence-electron chi connectivity index (χ0n) is 12.3. The third kappa shape index (κ3) is 2.68. The molecule has 0 saturated carbocycles. The molecule has 0 amide bonds. The number of fused-ring (bicyclic) bond motifs is 1. The van der Waals surface area contributed by atoms with Crippen molar-refractivity contribution in [2.45, 2.75) is 38.3 Å². The van der Waals surface area contributed by atoms with Gasteiger partial charge in [-0.15, -0.1) is 0 Å². The van der Waals surface area contributed by atoms with Crippen LogP contribution in [-0.2, 0) is 0 Å². The molecule has 2 fully saturated rings. The number of aromatic nitrogens is 1. The highest BCUT2D eigenvalue weighted by atomic mass is 16.4. The molecule has 0 aromatic carbocycles. The molecule has 0 bridgehead atoms. The zero-order valence-corrected chi connectivity index (χ0v) is 12.3. The predicted molar refractivity (Wildman–Crippen MR) is 81.6 cm³/mol. The maximum atomic E-state index is 11.1. The Morgan fingerprint density at radius 1 is 1.38 bits per heavy atom. The average molecular weight is 290 g/mol. The number of piperidine rings is 1. The van der Waals surface area contributed by atoms with Crippen molar-refractivity contribution < 1.29 is 9.90 Å². The minimum atomic E-state index is -1.01. The van der Waals surface area contributed by atoms with E-state index in [2.05, 4.69) is 21.7 Å². The molecule has 0 radical (unpaired) electrons. The summed E-state index contributed by atoms with van der Waals surface area (Å²) in [7, 11) is 0. The van der Waals surface area contributed by atoms with Crippen LogP contribution in [0.4, 0.5) is 11.5 Å². The number of pyridine rings is 1. The molecular weight excluding hydrogens is 268 g/mol. The van der Waals surface area contributed by atoms with Gasteiger partial charge in [-0.05, 0) is 38.4 Å². The second-order valence-corrected chi connectivity index (χ2v) is 6.06. The van der Waals surface area contributed by atoms with Crippen LogP contribution < -0.4 is 10.6 Å². The van der Waals surface area contributed by atoms with Crippen LogP contribution in [0.5, 0.6) is 0 Å². The molecular formula is C15H22N4O2. The number of carbonyl (C=O) groups is 1. The van der Waals surface area contributed by atoms with Gasteiger partial charge in [0.25, 0.3) is 0 Å². The number of hydrogen-bond acceptors (Lipinski definition) is 5. The van der Waals surface area contributed by atoms with Crippen LogP contribution in [0.1, 0.15) is 36.7 Å². The van der Waals surface area contributed by atoms with E-state index in [0.717, 1.165) is 13.1 Å². The Hall–Kier alpha value is -1.82. The van der Waals surface area contributed by atoms with E-state index in [-0.39, 0.29) is 11.7 Å². The fraction of sp³-hybridized carbons (Fsp3) is 0.600. The van der Waals surface area contributed by atoms with E-state index >= 15 is 0 Å². The minimum absolute atomic E-state index is 0.0532. The van der Waals surface area contributed by atoms with Gasteiger partial charge < -0.3 is 15.7 Å². The molecule has 3 heterocycles. The molecule has 0 aliphatic carbocycles. The van der Waals surface area contributed by atoms with Crippen LogP contribution in [0.25, 0.3) is 0 Å². The number of aromatic carboxylic acids is 1. The van der Waals surface area contributed by atoms with Crippen LogP contribution in [0.3, 0.4) is 0 Å². The van der Waals surface area contributed by atoms with Gasteiger partial charge >= 0.3 is 5.97 Å². The first-order chi connectivity index (χ1) is 10.1. The van der Waals surface area contributed by atoms with Crippen LogP contribution >= 0.6 is 0 Å². The van der Waals surface area contributed by atoms with Gasteiger partial charge in [-0.2, -0.15) is 0 Å². The smallest absolute Gasteiger partial charge is 0.354 e. The lowest BCUT2D eigenvalue weighted by atomic mass is 9.97. The lowest BCUT2D eigenvalue weighted by Crippen LogP contribution is -2.59. The molecule has 2 unspecified atom stereocenters. The summed E-state index contributed by atoms with van der Waals surface area (Å²) in [5.41, 5.74) is 6.65. The summed E-state index contributed by atoms with van der Waals surface area (Å²) in [5.74, 6) is -0.396. The number of nitrogen functional groups attached to an aromatic ring is 1. The van der Waals surface area contributed by atoms with E-state index in [9.17, 15) is 4.79 Å². The van der Waals surface area contributed by atoms with E-state index in [1.54, 1.807) is 6.07 Å². The van der Waals surface area contributed by atoms with E-state index in [1.807, 2.05) is 0 Å².